The average molecular weight is 267 g/mol. The minimum atomic E-state index is -0.0960. The fraction of sp³-hybridized carbons (Fsp3) is 0.125. The minimum absolute atomic E-state index is 0.0960. The molecule has 4 heteroatoms. The zero-order chi connectivity index (χ0) is 14.3. The highest BCUT2D eigenvalue weighted by Gasteiger charge is 2.14. The van der Waals surface area contributed by atoms with Crippen LogP contribution >= 0.6 is 0 Å². The van der Waals surface area contributed by atoms with Gasteiger partial charge in [-0.15, -0.1) is 0 Å². The summed E-state index contributed by atoms with van der Waals surface area (Å²) in [6.45, 7) is 1.51. The van der Waals surface area contributed by atoms with Crippen LogP contribution in [0.4, 0.5) is 0 Å². The number of hydrogen-bond acceptors (Lipinski definition) is 3. The number of benzene rings is 2. The number of fused-ring (bicyclic) bond motifs is 3. The molecule has 0 atom stereocenters. The van der Waals surface area contributed by atoms with Gasteiger partial charge in [-0.2, -0.15) is 0 Å². The van der Waals surface area contributed by atoms with Crippen molar-refractivity contribution in [3.63, 3.8) is 0 Å². The van der Waals surface area contributed by atoms with Gasteiger partial charge in [-0.05, 0) is 18.2 Å². The highest BCUT2D eigenvalue weighted by Crippen LogP contribution is 2.31. The summed E-state index contributed by atoms with van der Waals surface area (Å²) in [6.07, 6.45) is 0.780. The second kappa shape index (κ2) is 4.49. The van der Waals surface area contributed by atoms with E-state index in [1.807, 2.05) is 24.3 Å². The Hall–Kier alpha value is -2.62. The number of methoxy groups -OCH3 is 1. The Kier molecular flexibility index (Phi) is 2.79. The second-order valence-electron chi connectivity index (χ2n) is 4.63. The van der Waals surface area contributed by atoms with E-state index in [0.29, 0.717) is 11.3 Å². The van der Waals surface area contributed by atoms with E-state index in [0.717, 1.165) is 28.1 Å². The molecule has 0 spiro atoms. The molecule has 0 unspecified atom stereocenters. The third-order valence-corrected chi connectivity index (χ3v) is 3.45. The number of ether oxygens (including phenoxy) is 1. The van der Waals surface area contributed by atoms with Crippen LogP contribution < -0.4 is 4.74 Å². The minimum Gasteiger partial charge on any atom is -0.497 e. The lowest BCUT2D eigenvalue weighted by molar-refractivity contribution is 0.0945. The van der Waals surface area contributed by atoms with E-state index < -0.39 is 0 Å². The third-order valence-electron chi connectivity index (χ3n) is 3.45. The number of rotatable bonds is 2. The number of carbonyl (C=O) groups is 2. The monoisotopic (exact) mass is 267 g/mol. The van der Waals surface area contributed by atoms with Crippen LogP contribution in [0.5, 0.6) is 5.75 Å². The zero-order valence-electron chi connectivity index (χ0n) is 11.2. The van der Waals surface area contributed by atoms with Crippen LogP contribution in [-0.4, -0.2) is 23.9 Å². The van der Waals surface area contributed by atoms with Crippen molar-refractivity contribution in [2.24, 2.45) is 0 Å². The van der Waals surface area contributed by atoms with E-state index in [-0.39, 0.29) is 5.91 Å². The average Bonchev–Trinajstić information content (AvgIpc) is 2.79. The maximum atomic E-state index is 12.0. The van der Waals surface area contributed by atoms with E-state index in [2.05, 4.69) is 0 Å². The van der Waals surface area contributed by atoms with Crippen LogP contribution in [0.2, 0.25) is 0 Å². The summed E-state index contributed by atoms with van der Waals surface area (Å²) in [6, 6.07) is 11.0. The number of aromatic nitrogens is 1. The lowest BCUT2D eigenvalue weighted by Gasteiger charge is -2.03. The SMILES string of the molecule is COc1ccc2c3ccc(C=O)cc3n(C(C)=O)c2c1. The van der Waals surface area contributed by atoms with Crippen molar-refractivity contribution in [2.45, 2.75) is 6.92 Å². The van der Waals surface area contributed by atoms with Crippen LogP contribution in [0.15, 0.2) is 36.4 Å². The first-order valence-electron chi connectivity index (χ1n) is 6.24. The molecule has 0 saturated carbocycles. The van der Waals surface area contributed by atoms with Crippen molar-refractivity contribution in [1.29, 1.82) is 0 Å². The quantitative estimate of drug-likeness (QED) is 0.669. The number of hydrogen-bond donors (Lipinski definition) is 0. The summed E-state index contributed by atoms with van der Waals surface area (Å²) < 4.78 is 6.83. The molecule has 0 aliphatic rings. The van der Waals surface area contributed by atoms with Gasteiger partial charge < -0.3 is 4.74 Å². The molecule has 100 valence electrons. The van der Waals surface area contributed by atoms with Gasteiger partial charge >= 0.3 is 0 Å². The molecule has 3 rings (SSSR count). The molecule has 0 saturated heterocycles. The number of nitrogens with zero attached hydrogens (tertiary/aromatic N) is 1. The number of aldehydes is 1. The van der Waals surface area contributed by atoms with Crippen LogP contribution in [-0.2, 0) is 0 Å². The molecule has 0 N–H and O–H groups in total. The fourth-order valence-electron chi connectivity index (χ4n) is 2.55. The van der Waals surface area contributed by atoms with Crippen LogP contribution in [0.25, 0.3) is 21.8 Å². The molecule has 0 aliphatic carbocycles. The highest BCUT2D eigenvalue weighted by atomic mass is 16.5. The molecule has 3 aromatic rings. The topological polar surface area (TPSA) is 48.3 Å². The van der Waals surface area contributed by atoms with Gasteiger partial charge in [0, 0.05) is 29.3 Å². The first-order valence-corrected chi connectivity index (χ1v) is 6.24. The molecule has 0 bridgehead atoms. The number of carbonyl (C=O) groups excluding carboxylic acids is 2. The van der Waals surface area contributed by atoms with Crippen molar-refractivity contribution >= 4 is 34.0 Å². The first-order chi connectivity index (χ1) is 9.65. The van der Waals surface area contributed by atoms with Gasteiger partial charge in [0.15, 0.2) is 0 Å². The molecular formula is C16H13NO3. The Morgan fingerprint density at radius 3 is 2.35 bits per heavy atom. The van der Waals surface area contributed by atoms with Gasteiger partial charge in [-0.25, -0.2) is 0 Å². The maximum Gasteiger partial charge on any atom is 0.228 e. The van der Waals surface area contributed by atoms with Gasteiger partial charge in [-0.3, -0.25) is 14.2 Å². The molecule has 20 heavy (non-hydrogen) atoms. The lowest BCUT2D eigenvalue weighted by Crippen LogP contribution is -2.04. The predicted molar refractivity (Wildman–Crippen MR) is 77.7 cm³/mol. The fourth-order valence-corrected chi connectivity index (χ4v) is 2.55. The summed E-state index contributed by atoms with van der Waals surface area (Å²) in [5.74, 6) is 0.597. The van der Waals surface area contributed by atoms with Gasteiger partial charge in [0.1, 0.15) is 12.0 Å². The van der Waals surface area contributed by atoms with Crippen molar-refractivity contribution < 1.29 is 14.3 Å². The first kappa shape index (κ1) is 12.4. The van der Waals surface area contributed by atoms with Crippen LogP contribution in [0, 0.1) is 0 Å². The smallest absolute Gasteiger partial charge is 0.228 e. The molecule has 2 aromatic carbocycles. The molecule has 1 aromatic heterocycles. The Morgan fingerprint density at radius 1 is 1.10 bits per heavy atom. The standard InChI is InChI=1S/C16H13NO3/c1-10(19)17-15-7-11(9-18)3-5-13(15)14-6-4-12(20-2)8-16(14)17/h3-9H,1-2H3. The Labute approximate surface area is 115 Å². The van der Waals surface area contributed by atoms with Gasteiger partial charge in [0.05, 0.1) is 18.1 Å². The van der Waals surface area contributed by atoms with Crippen LogP contribution in [0.3, 0.4) is 0 Å². The van der Waals surface area contributed by atoms with E-state index in [1.165, 1.54) is 6.92 Å². The zero-order valence-corrected chi connectivity index (χ0v) is 11.2. The normalized spacial score (nSPS) is 10.9. The lowest BCUT2D eigenvalue weighted by atomic mass is 10.1. The van der Waals surface area contributed by atoms with E-state index in [1.54, 1.807) is 23.8 Å². The predicted octanol–water partition coefficient (Wildman–Crippen LogP) is 3.28. The van der Waals surface area contributed by atoms with E-state index in [4.69, 9.17) is 4.74 Å². The largest absolute Gasteiger partial charge is 0.497 e. The third kappa shape index (κ3) is 1.69. The Morgan fingerprint density at radius 2 is 1.75 bits per heavy atom. The molecular weight excluding hydrogens is 254 g/mol. The summed E-state index contributed by atoms with van der Waals surface area (Å²) in [4.78, 5) is 22.9. The molecule has 0 radical (unpaired) electrons. The second-order valence-corrected chi connectivity index (χ2v) is 4.63. The van der Waals surface area contributed by atoms with Gasteiger partial charge in [0.25, 0.3) is 0 Å². The Bertz CT molecular complexity index is 846. The molecule has 1 heterocycles. The summed E-state index contributed by atoms with van der Waals surface area (Å²) >= 11 is 0. The summed E-state index contributed by atoms with van der Waals surface area (Å²) in [5.41, 5.74) is 2.08. The maximum absolute atomic E-state index is 12.0. The molecule has 0 amide bonds. The van der Waals surface area contributed by atoms with Crippen LogP contribution in [0.1, 0.15) is 22.1 Å². The Balaban J connectivity index is 2.51. The van der Waals surface area contributed by atoms with Crippen molar-refractivity contribution in [3.8, 4) is 5.75 Å². The summed E-state index contributed by atoms with van der Waals surface area (Å²) in [7, 11) is 1.59. The molecule has 0 aliphatic heterocycles. The van der Waals surface area contributed by atoms with Gasteiger partial charge in [0.2, 0.25) is 5.91 Å². The highest BCUT2D eigenvalue weighted by molar-refractivity contribution is 6.14. The van der Waals surface area contributed by atoms with Crippen molar-refractivity contribution in [1.82, 2.24) is 4.57 Å². The van der Waals surface area contributed by atoms with Crippen molar-refractivity contribution in [2.75, 3.05) is 7.11 Å². The van der Waals surface area contributed by atoms with Crippen molar-refractivity contribution in [3.05, 3.63) is 42.0 Å². The van der Waals surface area contributed by atoms with E-state index >= 15 is 0 Å². The van der Waals surface area contributed by atoms with Gasteiger partial charge in [-0.1, -0.05) is 12.1 Å². The summed E-state index contributed by atoms with van der Waals surface area (Å²) in [5, 5.41) is 1.91. The van der Waals surface area contributed by atoms with E-state index in [9.17, 15) is 9.59 Å². The molecule has 0 fully saturated rings. The molecule has 4 nitrogen and oxygen atoms in total.